The SMILES string of the molecule is c1c[nH]cn1.c1c[nH]cn1.c1c[nH]cn1.c1c[nH]cn1.c1c[nH]cn1.c1c[nH]cn1.c1c[nH]cn1.c1c[nH]cn1. The number of hydrogen-bond donors (Lipinski definition) is 8. The second-order valence-electron chi connectivity index (χ2n) is 6.08. The van der Waals surface area contributed by atoms with Gasteiger partial charge >= 0.3 is 0 Å². The van der Waals surface area contributed by atoms with Gasteiger partial charge in [-0.3, -0.25) is 0 Å². The lowest BCUT2D eigenvalue weighted by atomic mass is 11.0. The average molecular weight is 545 g/mol. The summed E-state index contributed by atoms with van der Waals surface area (Å²) in [5, 5.41) is 0. The summed E-state index contributed by atoms with van der Waals surface area (Å²) in [5.41, 5.74) is 0. The summed E-state index contributed by atoms with van der Waals surface area (Å²) >= 11 is 0. The Hall–Kier alpha value is -6.32. The van der Waals surface area contributed by atoms with Gasteiger partial charge in [0.05, 0.1) is 50.6 Å². The maximum atomic E-state index is 3.67. The van der Waals surface area contributed by atoms with Gasteiger partial charge in [-0.1, -0.05) is 0 Å². The fraction of sp³-hybridized carbons (Fsp3) is 0. The molecule has 16 heteroatoms. The van der Waals surface area contributed by atoms with Crippen molar-refractivity contribution in [2.45, 2.75) is 0 Å². The van der Waals surface area contributed by atoms with Crippen LogP contribution in [0.3, 0.4) is 0 Å². The highest BCUT2D eigenvalue weighted by Gasteiger charge is 1.59. The topological polar surface area (TPSA) is 229 Å². The molecule has 0 amide bonds. The quantitative estimate of drug-likeness (QED) is 0.141. The van der Waals surface area contributed by atoms with Gasteiger partial charge in [-0.25, -0.2) is 39.9 Å². The molecule has 0 aliphatic heterocycles. The molecule has 0 atom stereocenters. The second-order valence-corrected chi connectivity index (χ2v) is 6.08. The zero-order valence-corrected chi connectivity index (χ0v) is 21.4. The normalized spacial score (nSPS) is 8.00. The van der Waals surface area contributed by atoms with E-state index in [0.29, 0.717) is 0 Å². The number of aromatic nitrogens is 16. The van der Waals surface area contributed by atoms with Crippen LogP contribution in [0, 0.1) is 0 Å². The molecule has 0 aromatic carbocycles. The lowest BCUT2D eigenvalue weighted by Crippen LogP contribution is -1.44. The van der Waals surface area contributed by atoms with Gasteiger partial charge in [0.25, 0.3) is 0 Å². The Morgan fingerprint density at radius 1 is 0.200 bits per heavy atom. The molecule has 8 rings (SSSR count). The smallest absolute Gasteiger partial charge is 0.0919 e. The summed E-state index contributed by atoms with van der Waals surface area (Å²) < 4.78 is 0. The van der Waals surface area contributed by atoms with Crippen LogP contribution in [-0.4, -0.2) is 79.7 Å². The Morgan fingerprint density at radius 3 is 0.350 bits per heavy atom. The summed E-state index contributed by atoms with van der Waals surface area (Å²) in [6.45, 7) is 0. The second kappa shape index (κ2) is 28.9. The van der Waals surface area contributed by atoms with Crippen LogP contribution in [0.2, 0.25) is 0 Å². The number of H-pyrrole nitrogens is 8. The van der Waals surface area contributed by atoms with Crippen molar-refractivity contribution >= 4 is 0 Å². The maximum Gasteiger partial charge on any atom is 0.0919 e. The van der Waals surface area contributed by atoms with E-state index in [1.54, 1.807) is 150 Å². The Kier molecular flexibility index (Phi) is 22.9. The molecule has 0 aliphatic carbocycles. The Balaban J connectivity index is 0.000000229. The van der Waals surface area contributed by atoms with Crippen LogP contribution in [0.5, 0.6) is 0 Å². The summed E-state index contributed by atoms with van der Waals surface area (Å²) in [4.78, 5) is 51.3. The van der Waals surface area contributed by atoms with E-state index in [4.69, 9.17) is 0 Å². The summed E-state index contributed by atoms with van der Waals surface area (Å²) in [7, 11) is 0. The molecule has 40 heavy (non-hydrogen) atoms. The molecule has 0 saturated carbocycles. The molecule has 16 nitrogen and oxygen atoms in total. The number of imidazole rings is 8. The summed E-state index contributed by atoms with van der Waals surface area (Å²) in [6, 6.07) is 0. The fourth-order valence-electron chi connectivity index (χ4n) is 1.72. The monoisotopic (exact) mass is 544 g/mol. The van der Waals surface area contributed by atoms with Gasteiger partial charge in [-0.15, -0.1) is 0 Å². The van der Waals surface area contributed by atoms with Gasteiger partial charge in [0.15, 0.2) is 0 Å². The maximum absolute atomic E-state index is 3.67. The average Bonchev–Trinajstić information content (AvgIpc) is 3.95. The van der Waals surface area contributed by atoms with Crippen molar-refractivity contribution in [1.29, 1.82) is 0 Å². The van der Waals surface area contributed by atoms with E-state index >= 15 is 0 Å². The Labute approximate surface area is 229 Å². The molecular weight excluding hydrogens is 512 g/mol. The highest BCUT2D eigenvalue weighted by molar-refractivity contribution is 4.68. The van der Waals surface area contributed by atoms with E-state index in [1.165, 1.54) is 0 Å². The molecule has 0 bridgehead atoms. The first-order valence-electron chi connectivity index (χ1n) is 11.4. The van der Waals surface area contributed by atoms with E-state index in [-0.39, 0.29) is 0 Å². The number of rotatable bonds is 0. The largest absolute Gasteiger partial charge is 0.351 e. The van der Waals surface area contributed by atoms with Crippen molar-refractivity contribution in [2.75, 3.05) is 0 Å². The molecule has 208 valence electrons. The Morgan fingerprint density at radius 2 is 0.325 bits per heavy atom. The van der Waals surface area contributed by atoms with Crippen LogP contribution in [0.1, 0.15) is 0 Å². The van der Waals surface area contributed by atoms with Crippen molar-refractivity contribution in [3.05, 3.63) is 150 Å². The van der Waals surface area contributed by atoms with E-state index in [9.17, 15) is 0 Å². The lowest BCUT2D eigenvalue weighted by molar-refractivity contribution is 1.31. The minimum absolute atomic E-state index is 1.62. The van der Waals surface area contributed by atoms with Crippen molar-refractivity contribution in [1.82, 2.24) is 79.7 Å². The van der Waals surface area contributed by atoms with Crippen LogP contribution >= 0.6 is 0 Å². The lowest BCUT2D eigenvalue weighted by Gasteiger charge is -1.46. The first-order chi connectivity index (χ1) is 20.0. The molecule has 0 radical (unpaired) electrons. The predicted molar refractivity (Wildman–Crippen MR) is 149 cm³/mol. The molecule has 8 aromatic heterocycles. The van der Waals surface area contributed by atoms with E-state index in [0.717, 1.165) is 0 Å². The molecule has 0 fully saturated rings. The van der Waals surface area contributed by atoms with Crippen molar-refractivity contribution in [3.63, 3.8) is 0 Å². The van der Waals surface area contributed by atoms with Crippen molar-refractivity contribution in [2.24, 2.45) is 0 Å². The molecule has 8 aromatic rings. The number of nitrogens with zero attached hydrogens (tertiary/aromatic N) is 8. The number of nitrogens with one attached hydrogen (secondary N) is 8. The van der Waals surface area contributed by atoms with Crippen LogP contribution in [0.15, 0.2) is 150 Å². The van der Waals surface area contributed by atoms with Crippen molar-refractivity contribution < 1.29 is 0 Å². The fourth-order valence-corrected chi connectivity index (χ4v) is 1.72. The highest BCUT2D eigenvalue weighted by atomic mass is 14.8. The van der Waals surface area contributed by atoms with Crippen LogP contribution in [-0.2, 0) is 0 Å². The molecular formula is C24H32N16. The minimum atomic E-state index is 1.62. The summed E-state index contributed by atoms with van der Waals surface area (Å²) in [5.74, 6) is 0. The number of hydrogen-bond acceptors (Lipinski definition) is 8. The molecule has 0 saturated heterocycles. The van der Waals surface area contributed by atoms with Gasteiger partial charge in [0, 0.05) is 99.1 Å². The third-order valence-electron chi connectivity index (χ3n) is 3.25. The minimum Gasteiger partial charge on any atom is -0.351 e. The number of aromatic amines is 8. The van der Waals surface area contributed by atoms with Crippen LogP contribution in [0.25, 0.3) is 0 Å². The van der Waals surface area contributed by atoms with E-state index in [1.807, 2.05) is 0 Å². The molecule has 0 aliphatic rings. The van der Waals surface area contributed by atoms with E-state index < -0.39 is 0 Å². The highest BCUT2D eigenvalue weighted by Crippen LogP contribution is 1.66. The molecule has 0 spiro atoms. The summed E-state index contributed by atoms with van der Waals surface area (Å²) in [6.07, 6.45) is 40.7. The molecule has 8 N–H and O–H groups in total. The molecule has 0 unspecified atom stereocenters. The molecule has 8 heterocycles. The zero-order valence-electron chi connectivity index (χ0n) is 21.4. The van der Waals surface area contributed by atoms with Gasteiger partial charge in [-0.2, -0.15) is 0 Å². The van der Waals surface area contributed by atoms with Crippen LogP contribution < -0.4 is 0 Å². The van der Waals surface area contributed by atoms with Crippen molar-refractivity contribution in [3.8, 4) is 0 Å². The predicted octanol–water partition coefficient (Wildman–Crippen LogP) is 3.28. The van der Waals surface area contributed by atoms with Gasteiger partial charge in [-0.05, 0) is 0 Å². The van der Waals surface area contributed by atoms with Gasteiger partial charge in [0.1, 0.15) is 0 Å². The third-order valence-corrected chi connectivity index (χ3v) is 3.25. The van der Waals surface area contributed by atoms with E-state index in [2.05, 4.69) is 79.7 Å². The first-order valence-corrected chi connectivity index (χ1v) is 11.4. The third kappa shape index (κ3) is 26.3. The zero-order chi connectivity index (χ0) is 28.3. The van der Waals surface area contributed by atoms with Crippen LogP contribution in [0.4, 0.5) is 0 Å². The first kappa shape index (κ1) is 31.7. The Bertz CT molecular complexity index is 806. The standard InChI is InChI=1S/8C3H4N2/c8*1-2-5-3-4-1/h8*1-3H,(H,4,5). The van der Waals surface area contributed by atoms with Gasteiger partial charge < -0.3 is 39.9 Å². The van der Waals surface area contributed by atoms with Gasteiger partial charge in [0.2, 0.25) is 0 Å².